The van der Waals surface area contributed by atoms with Crippen LogP contribution in [0.1, 0.15) is 32.6 Å². The van der Waals surface area contributed by atoms with Crippen LogP contribution in [0.5, 0.6) is 0 Å². The molecular formula is C9H15NO2. The summed E-state index contributed by atoms with van der Waals surface area (Å²) in [6.45, 7) is 1.63. The van der Waals surface area contributed by atoms with Crippen LogP contribution in [0.25, 0.3) is 0 Å². The summed E-state index contributed by atoms with van der Waals surface area (Å²) in [6, 6.07) is 0.660. The molecule has 0 aromatic heterocycles. The molecule has 0 aromatic rings. The third kappa shape index (κ3) is 1.12. The molecule has 2 rings (SSSR count). The van der Waals surface area contributed by atoms with E-state index >= 15 is 0 Å². The smallest absolute Gasteiger partial charge is 0.219 e. The number of aliphatic hydroxyl groups excluding tert-OH is 1. The maximum Gasteiger partial charge on any atom is 0.219 e. The van der Waals surface area contributed by atoms with Gasteiger partial charge in [0.05, 0.1) is 6.10 Å². The number of aliphatic hydroxyl groups is 1. The van der Waals surface area contributed by atoms with E-state index in [1.54, 1.807) is 6.92 Å². The number of piperidine rings is 1. The third-order valence-electron chi connectivity index (χ3n) is 3.07. The molecule has 0 spiro atoms. The predicted octanol–water partition coefficient (Wildman–Crippen LogP) is 0.521. The molecule has 1 N–H and O–H groups in total. The quantitative estimate of drug-likeness (QED) is 0.574. The summed E-state index contributed by atoms with van der Waals surface area (Å²) in [5.41, 5.74) is 0. The van der Waals surface area contributed by atoms with Crippen LogP contribution >= 0.6 is 0 Å². The van der Waals surface area contributed by atoms with Crippen molar-refractivity contribution in [3.63, 3.8) is 0 Å². The van der Waals surface area contributed by atoms with Gasteiger partial charge in [-0.05, 0) is 25.7 Å². The molecule has 0 radical (unpaired) electrons. The minimum atomic E-state index is -0.168. The van der Waals surface area contributed by atoms with E-state index in [0.717, 1.165) is 25.7 Å². The van der Waals surface area contributed by atoms with Crippen LogP contribution in [-0.4, -0.2) is 34.1 Å². The molecule has 2 heterocycles. The van der Waals surface area contributed by atoms with Gasteiger partial charge in [0.15, 0.2) is 0 Å². The van der Waals surface area contributed by atoms with Gasteiger partial charge in [0.25, 0.3) is 0 Å². The number of hydrogen-bond acceptors (Lipinski definition) is 2. The van der Waals surface area contributed by atoms with Crippen molar-refractivity contribution >= 4 is 5.91 Å². The van der Waals surface area contributed by atoms with E-state index in [4.69, 9.17) is 0 Å². The maximum absolute atomic E-state index is 11.2. The van der Waals surface area contributed by atoms with E-state index in [0.29, 0.717) is 12.1 Å². The molecule has 68 valence electrons. The van der Waals surface area contributed by atoms with E-state index in [2.05, 4.69) is 0 Å². The molecule has 12 heavy (non-hydrogen) atoms. The fourth-order valence-corrected chi connectivity index (χ4v) is 2.66. The van der Waals surface area contributed by atoms with E-state index in [1.165, 1.54) is 0 Å². The molecule has 0 saturated carbocycles. The Bertz CT molecular complexity index is 191. The number of fused-ring (bicyclic) bond motifs is 2. The van der Waals surface area contributed by atoms with Crippen molar-refractivity contribution in [1.82, 2.24) is 4.90 Å². The molecule has 3 nitrogen and oxygen atoms in total. The average Bonchev–Trinajstić information content (AvgIpc) is 2.24. The first-order valence-electron chi connectivity index (χ1n) is 4.65. The number of hydrogen-bond donors (Lipinski definition) is 1. The largest absolute Gasteiger partial charge is 0.393 e. The minimum Gasteiger partial charge on any atom is -0.393 e. The predicted molar refractivity (Wildman–Crippen MR) is 44.6 cm³/mol. The Morgan fingerprint density at radius 1 is 1.33 bits per heavy atom. The van der Waals surface area contributed by atoms with Gasteiger partial charge in [-0.1, -0.05) is 0 Å². The topological polar surface area (TPSA) is 40.5 Å². The van der Waals surface area contributed by atoms with Crippen LogP contribution in [0.2, 0.25) is 0 Å². The van der Waals surface area contributed by atoms with Crippen molar-refractivity contribution in [1.29, 1.82) is 0 Å². The molecular weight excluding hydrogens is 154 g/mol. The third-order valence-corrected chi connectivity index (χ3v) is 3.07. The zero-order chi connectivity index (χ0) is 8.72. The molecule has 2 fully saturated rings. The molecule has 2 aliphatic rings. The summed E-state index contributed by atoms with van der Waals surface area (Å²) in [7, 11) is 0. The summed E-state index contributed by atoms with van der Waals surface area (Å²) in [5.74, 6) is 0.175. The lowest BCUT2D eigenvalue weighted by molar-refractivity contribution is -0.134. The Hall–Kier alpha value is -0.570. The first kappa shape index (κ1) is 8.05. The summed E-state index contributed by atoms with van der Waals surface area (Å²) < 4.78 is 0. The van der Waals surface area contributed by atoms with Gasteiger partial charge in [0.1, 0.15) is 0 Å². The summed E-state index contributed by atoms with van der Waals surface area (Å²) in [6.07, 6.45) is 3.58. The highest BCUT2D eigenvalue weighted by Crippen LogP contribution is 2.35. The first-order chi connectivity index (χ1) is 5.68. The summed E-state index contributed by atoms with van der Waals surface area (Å²) >= 11 is 0. The van der Waals surface area contributed by atoms with Crippen LogP contribution in [-0.2, 0) is 4.79 Å². The molecule has 0 aromatic carbocycles. The lowest BCUT2D eigenvalue weighted by Gasteiger charge is -2.36. The molecule has 2 aliphatic heterocycles. The van der Waals surface area contributed by atoms with Crippen molar-refractivity contribution in [2.24, 2.45) is 0 Å². The van der Waals surface area contributed by atoms with Crippen molar-refractivity contribution in [2.75, 3.05) is 0 Å². The lowest BCUT2D eigenvalue weighted by atomic mass is 10.00. The highest BCUT2D eigenvalue weighted by Gasteiger charge is 2.41. The lowest BCUT2D eigenvalue weighted by Crippen LogP contribution is -2.46. The van der Waals surface area contributed by atoms with Gasteiger partial charge in [-0.2, -0.15) is 0 Å². The molecule has 0 aliphatic carbocycles. The Morgan fingerprint density at radius 3 is 2.25 bits per heavy atom. The summed E-state index contributed by atoms with van der Waals surface area (Å²) in [4.78, 5) is 13.2. The fraction of sp³-hybridized carbons (Fsp3) is 0.889. The van der Waals surface area contributed by atoms with Gasteiger partial charge in [0.2, 0.25) is 5.91 Å². The van der Waals surface area contributed by atoms with E-state index in [1.807, 2.05) is 4.90 Å². The minimum absolute atomic E-state index is 0.168. The van der Waals surface area contributed by atoms with Crippen LogP contribution in [0.15, 0.2) is 0 Å². The number of rotatable bonds is 0. The Balaban J connectivity index is 2.14. The molecule has 2 bridgehead atoms. The monoisotopic (exact) mass is 169 g/mol. The Labute approximate surface area is 72.4 Å². The average molecular weight is 169 g/mol. The molecule has 0 unspecified atom stereocenters. The number of carbonyl (C=O) groups excluding carboxylic acids is 1. The van der Waals surface area contributed by atoms with Crippen molar-refractivity contribution in [3.05, 3.63) is 0 Å². The molecule has 2 saturated heterocycles. The van der Waals surface area contributed by atoms with E-state index < -0.39 is 0 Å². The highest BCUT2D eigenvalue weighted by atomic mass is 16.3. The Morgan fingerprint density at radius 2 is 1.83 bits per heavy atom. The fourth-order valence-electron chi connectivity index (χ4n) is 2.66. The highest BCUT2D eigenvalue weighted by molar-refractivity contribution is 5.74. The normalized spacial score (nSPS) is 40.2. The first-order valence-corrected chi connectivity index (χ1v) is 4.65. The van der Waals surface area contributed by atoms with Crippen LogP contribution < -0.4 is 0 Å². The van der Waals surface area contributed by atoms with E-state index in [9.17, 15) is 9.90 Å². The standard InChI is InChI=1S/C9H15NO2/c1-6(11)10-7-2-3-8(10)5-9(12)4-7/h7-9,12H,2-5H2,1H3/t7-,8+,9-. The van der Waals surface area contributed by atoms with Gasteiger partial charge in [-0.25, -0.2) is 0 Å². The van der Waals surface area contributed by atoms with Crippen LogP contribution in [0.4, 0.5) is 0 Å². The Kier molecular flexibility index (Phi) is 1.83. The number of carbonyl (C=O) groups is 1. The van der Waals surface area contributed by atoms with Gasteiger partial charge < -0.3 is 10.0 Å². The zero-order valence-electron chi connectivity index (χ0n) is 7.36. The second-order valence-corrected chi connectivity index (χ2v) is 3.94. The van der Waals surface area contributed by atoms with Crippen molar-refractivity contribution in [3.8, 4) is 0 Å². The molecule has 3 atom stereocenters. The number of amides is 1. The van der Waals surface area contributed by atoms with Crippen molar-refractivity contribution < 1.29 is 9.90 Å². The van der Waals surface area contributed by atoms with E-state index in [-0.39, 0.29) is 12.0 Å². The van der Waals surface area contributed by atoms with Crippen LogP contribution in [0.3, 0.4) is 0 Å². The second kappa shape index (κ2) is 2.73. The number of nitrogens with zero attached hydrogens (tertiary/aromatic N) is 1. The molecule has 3 heteroatoms. The van der Waals surface area contributed by atoms with Gasteiger partial charge in [0, 0.05) is 19.0 Å². The van der Waals surface area contributed by atoms with Crippen LogP contribution in [0, 0.1) is 0 Å². The van der Waals surface area contributed by atoms with Gasteiger partial charge in [-0.15, -0.1) is 0 Å². The van der Waals surface area contributed by atoms with Gasteiger partial charge in [-0.3, -0.25) is 4.79 Å². The molecule has 1 amide bonds. The van der Waals surface area contributed by atoms with Crippen molar-refractivity contribution in [2.45, 2.75) is 50.8 Å². The summed E-state index contributed by atoms with van der Waals surface area (Å²) in [5, 5.41) is 9.45. The second-order valence-electron chi connectivity index (χ2n) is 3.94. The maximum atomic E-state index is 11.2. The van der Waals surface area contributed by atoms with Gasteiger partial charge >= 0.3 is 0 Å². The SMILES string of the molecule is CC(=O)N1[C@@H]2CC[C@H]1C[C@H](O)C2. The zero-order valence-corrected chi connectivity index (χ0v) is 7.36.